The van der Waals surface area contributed by atoms with E-state index in [4.69, 9.17) is 4.74 Å². The SMILES string of the molecule is CCOc1cc(CN(C)C(=O)c2csc(-c3cnn(C)c3)n2)ccc1OC(F)F. The number of hydrogen-bond donors (Lipinski definition) is 0. The van der Waals surface area contributed by atoms with Crippen molar-refractivity contribution in [3.63, 3.8) is 0 Å². The Bertz CT molecular complexity index is 990. The fourth-order valence-electron chi connectivity index (χ4n) is 2.69. The number of aromatic nitrogens is 3. The highest BCUT2D eigenvalue weighted by atomic mass is 32.1. The number of hydrogen-bond acceptors (Lipinski definition) is 6. The minimum absolute atomic E-state index is 0.0415. The van der Waals surface area contributed by atoms with Gasteiger partial charge in [0.05, 0.1) is 12.8 Å². The smallest absolute Gasteiger partial charge is 0.387 e. The van der Waals surface area contributed by atoms with Crippen LogP contribution < -0.4 is 9.47 Å². The van der Waals surface area contributed by atoms with Crippen LogP contribution in [-0.2, 0) is 13.6 Å². The number of aryl methyl sites for hydroxylation is 1. The average molecular weight is 422 g/mol. The van der Waals surface area contributed by atoms with E-state index >= 15 is 0 Å². The van der Waals surface area contributed by atoms with Gasteiger partial charge < -0.3 is 14.4 Å². The molecule has 0 radical (unpaired) electrons. The van der Waals surface area contributed by atoms with Gasteiger partial charge in [-0.15, -0.1) is 11.3 Å². The summed E-state index contributed by atoms with van der Waals surface area (Å²) in [7, 11) is 3.46. The first-order valence-corrected chi connectivity index (χ1v) is 9.66. The molecule has 0 atom stereocenters. The zero-order chi connectivity index (χ0) is 21.0. The molecule has 3 rings (SSSR count). The first kappa shape index (κ1) is 20.7. The van der Waals surface area contributed by atoms with E-state index in [2.05, 4.69) is 14.8 Å². The second-order valence-electron chi connectivity index (χ2n) is 6.19. The second-order valence-corrected chi connectivity index (χ2v) is 7.05. The fraction of sp³-hybridized carbons (Fsp3) is 0.316. The number of alkyl halides is 2. The van der Waals surface area contributed by atoms with E-state index in [9.17, 15) is 13.6 Å². The fourth-order valence-corrected chi connectivity index (χ4v) is 3.46. The van der Waals surface area contributed by atoms with Gasteiger partial charge in [0.1, 0.15) is 10.7 Å². The summed E-state index contributed by atoms with van der Waals surface area (Å²) in [4.78, 5) is 18.6. The average Bonchev–Trinajstić information content (AvgIpc) is 3.32. The Balaban J connectivity index is 1.72. The zero-order valence-electron chi connectivity index (χ0n) is 16.1. The van der Waals surface area contributed by atoms with Gasteiger partial charge in [-0.1, -0.05) is 6.07 Å². The summed E-state index contributed by atoms with van der Waals surface area (Å²) < 4.78 is 36.6. The van der Waals surface area contributed by atoms with Gasteiger partial charge in [-0.05, 0) is 24.6 Å². The lowest BCUT2D eigenvalue weighted by Gasteiger charge is -2.18. The summed E-state index contributed by atoms with van der Waals surface area (Å²) in [6, 6.07) is 4.62. The number of thiazole rings is 1. The molecule has 0 saturated carbocycles. The van der Waals surface area contributed by atoms with Crippen LogP contribution in [0.3, 0.4) is 0 Å². The lowest BCUT2D eigenvalue weighted by atomic mass is 10.2. The Kier molecular flexibility index (Phi) is 6.42. The van der Waals surface area contributed by atoms with Gasteiger partial charge in [-0.25, -0.2) is 4.98 Å². The molecule has 2 heterocycles. The molecule has 7 nitrogen and oxygen atoms in total. The number of nitrogens with zero attached hydrogens (tertiary/aromatic N) is 4. The lowest BCUT2D eigenvalue weighted by molar-refractivity contribution is -0.0514. The predicted octanol–water partition coefficient (Wildman–Crippen LogP) is 3.82. The van der Waals surface area contributed by atoms with E-state index in [0.29, 0.717) is 22.9 Å². The molecule has 3 aromatic rings. The van der Waals surface area contributed by atoms with Gasteiger partial charge in [0.15, 0.2) is 11.5 Å². The van der Waals surface area contributed by atoms with Crippen LogP contribution in [0.25, 0.3) is 10.6 Å². The third-order valence-electron chi connectivity index (χ3n) is 3.97. The molecule has 0 N–H and O–H groups in total. The minimum atomic E-state index is -2.94. The molecule has 1 aromatic carbocycles. The molecule has 10 heteroatoms. The van der Waals surface area contributed by atoms with Crippen LogP contribution in [0.2, 0.25) is 0 Å². The van der Waals surface area contributed by atoms with Crippen LogP contribution in [0.1, 0.15) is 23.0 Å². The van der Waals surface area contributed by atoms with E-state index in [0.717, 1.165) is 5.56 Å². The predicted molar refractivity (Wildman–Crippen MR) is 104 cm³/mol. The number of benzene rings is 1. The van der Waals surface area contributed by atoms with Gasteiger partial charge in [0.2, 0.25) is 0 Å². The van der Waals surface area contributed by atoms with Crippen LogP contribution in [0.5, 0.6) is 11.5 Å². The molecule has 154 valence electrons. The Morgan fingerprint density at radius 2 is 2.14 bits per heavy atom. The first-order valence-electron chi connectivity index (χ1n) is 8.78. The molecule has 0 aliphatic carbocycles. The highest BCUT2D eigenvalue weighted by molar-refractivity contribution is 7.13. The summed E-state index contributed by atoms with van der Waals surface area (Å²) >= 11 is 1.37. The first-order chi connectivity index (χ1) is 13.9. The van der Waals surface area contributed by atoms with E-state index in [1.54, 1.807) is 42.4 Å². The van der Waals surface area contributed by atoms with E-state index in [-0.39, 0.29) is 24.0 Å². The quantitative estimate of drug-likeness (QED) is 0.552. The second kappa shape index (κ2) is 8.99. The van der Waals surface area contributed by atoms with Crippen molar-refractivity contribution in [3.05, 3.63) is 47.2 Å². The van der Waals surface area contributed by atoms with Crippen molar-refractivity contribution < 1.29 is 23.0 Å². The molecule has 0 fully saturated rings. The summed E-state index contributed by atoms with van der Waals surface area (Å²) in [5, 5.41) is 6.52. The Morgan fingerprint density at radius 3 is 2.79 bits per heavy atom. The highest BCUT2D eigenvalue weighted by Gasteiger charge is 2.18. The number of ether oxygens (including phenoxy) is 2. The molecule has 0 aliphatic heterocycles. The molecule has 0 unspecified atom stereocenters. The summed E-state index contributed by atoms with van der Waals surface area (Å²) in [6.45, 7) is -0.638. The topological polar surface area (TPSA) is 69.5 Å². The number of amides is 1. The van der Waals surface area contributed by atoms with Crippen LogP contribution >= 0.6 is 11.3 Å². The van der Waals surface area contributed by atoms with Gasteiger partial charge in [-0.2, -0.15) is 13.9 Å². The molecular formula is C19H20F2N4O3S. The minimum Gasteiger partial charge on any atom is -0.490 e. The summed E-state index contributed by atoms with van der Waals surface area (Å²) in [5.41, 5.74) is 1.89. The molecular weight excluding hydrogens is 402 g/mol. The Morgan fingerprint density at radius 1 is 1.34 bits per heavy atom. The van der Waals surface area contributed by atoms with Crippen molar-refractivity contribution in [2.75, 3.05) is 13.7 Å². The summed E-state index contributed by atoms with van der Waals surface area (Å²) in [5.74, 6) is -0.0823. The standard InChI is InChI=1S/C19H20F2N4O3S/c1-4-27-16-7-12(5-6-15(16)28-19(20)21)9-24(2)18(26)14-11-29-17(23-14)13-8-22-25(3)10-13/h5-8,10-11,19H,4,9H2,1-3H3. The van der Waals surface area contributed by atoms with Gasteiger partial charge in [0.25, 0.3) is 5.91 Å². The highest BCUT2D eigenvalue weighted by Crippen LogP contribution is 2.30. The number of carbonyl (C=O) groups excluding carboxylic acids is 1. The maximum absolute atomic E-state index is 12.7. The Hall–Kier alpha value is -3.01. The Labute approximate surface area is 170 Å². The zero-order valence-corrected chi connectivity index (χ0v) is 16.9. The van der Waals surface area contributed by atoms with Crippen molar-refractivity contribution in [1.29, 1.82) is 0 Å². The molecule has 0 bridgehead atoms. The molecule has 2 aromatic heterocycles. The molecule has 0 aliphatic rings. The number of halogens is 2. The van der Waals surface area contributed by atoms with E-state index in [1.807, 2.05) is 13.2 Å². The molecule has 0 spiro atoms. The van der Waals surface area contributed by atoms with Crippen LogP contribution in [-0.4, -0.2) is 45.8 Å². The van der Waals surface area contributed by atoms with Gasteiger partial charge >= 0.3 is 6.61 Å². The maximum atomic E-state index is 12.7. The van der Waals surface area contributed by atoms with E-state index < -0.39 is 6.61 Å². The van der Waals surface area contributed by atoms with Crippen molar-refractivity contribution in [2.45, 2.75) is 20.1 Å². The van der Waals surface area contributed by atoms with E-state index in [1.165, 1.54) is 22.3 Å². The van der Waals surface area contributed by atoms with Crippen molar-refractivity contribution >= 4 is 17.2 Å². The molecule has 1 amide bonds. The maximum Gasteiger partial charge on any atom is 0.387 e. The number of rotatable bonds is 8. The monoisotopic (exact) mass is 422 g/mol. The van der Waals surface area contributed by atoms with Crippen LogP contribution in [0, 0.1) is 0 Å². The van der Waals surface area contributed by atoms with Crippen LogP contribution in [0.4, 0.5) is 8.78 Å². The number of carbonyl (C=O) groups is 1. The molecule has 0 saturated heterocycles. The third-order valence-corrected chi connectivity index (χ3v) is 4.86. The normalized spacial score (nSPS) is 11.0. The third kappa shape index (κ3) is 5.08. The largest absolute Gasteiger partial charge is 0.490 e. The van der Waals surface area contributed by atoms with Crippen molar-refractivity contribution in [1.82, 2.24) is 19.7 Å². The van der Waals surface area contributed by atoms with Gasteiger partial charge in [-0.3, -0.25) is 9.48 Å². The van der Waals surface area contributed by atoms with Crippen LogP contribution in [0.15, 0.2) is 36.0 Å². The van der Waals surface area contributed by atoms with Crippen molar-refractivity contribution in [2.24, 2.45) is 7.05 Å². The molecule has 29 heavy (non-hydrogen) atoms. The summed E-state index contributed by atoms with van der Waals surface area (Å²) in [6.07, 6.45) is 3.52. The van der Waals surface area contributed by atoms with Crippen molar-refractivity contribution in [3.8, 4) is 22.1 Å². The lowest BCUT2D eigenvalue weighted by Crippen LogP contribution is -2.26. The van der Waals surface area contributed by atoms with Gasteiger partial charge in [0, 0.05) is 37.8 Å².